The standard InChI is InChI=1S/C9H10N2O4S/c1-5(10)11-15-9(13)7-4-3-6(16-7)8(12)14-2/h3-4H,1-2H3,(H2,10,11). The number of carbonyl (C=O) groups excluding carboxylic acids is 2. The summed E-state index contributed by atoms with van der Waals surface area (Å²) in [6.45, 7) is 1.49. The van der Waals surface area contributed by atoms with Gasteiger partial charge in [-0.15, -0.1) is 11.3 Å². The molecule has 7 heteroatoms. The smallest absolute Gasteiger partial charge is 0.375 e. The quantitative estimate of drug-likeness (QED) is 0.280. The van der Waals surface area contributed by atoms with Crippen molar-refractivity contribution >= 4 is 29.1 Å². The molecule has 0 atom stereocenters. The maximum atomic E-state index is 11.3. The van der Waals surface area contributed by atoms with Gasteiger partial charge in [0.2, 0.25) is 0 Å². The molecule has 86 valence electrons. The molecule has 0 radical (unpaired) electrons. The van der Waals surface area contributed by atoms with Gasteiger partial charge in [-0.3, -0.25) is 0 Å². The summed E-state index contributed by atoms with van der Waals surface area (Å²) in [4.78, 5) is 27.5. The van der Waals surface area contributed by atoms with Gasteiger partial charge >= 0.3 is 11.9 Å². The normalized spacial score (nSPS) is 11.0. The van der Waals surface area contributed by atoms with Crippen molar-refractivity contribution in [3.63, 3.8) is 0 Å². The summed E-state index contributed by atoms with van der Waals surface area (Å²) in [5, 5.41) is 3.31. The molecule has 0 amide bonds. The van der Waals surface area contributed by atoms with Crippen LogP contribution in [0.3, 0.4) is 0 Å². The molecule has 1 heterocycles. The highest BCUT2D eigenvalue weighted by Crippen LogP contribution is 2.18. The van der Waals surface area contributed by atoms with Gasteiger partial charge in [-0.25, -0.2) is 9.59 Å². The first-order valence-corrected chi connectivity index (χ1v) is 5.06. The summed E-state index contributed by atoms with van der Waals surface area (Å²) in [5.74, 6) is -1.02. The van der Waals surface area contributed by atoms with E-state index in [0.717, 1.165) is 11.3 Å². The van der Waals surface area contributed by atoms with E-state index in [0.29, 0.717) is 4.88 Å². The van der Waals surface area contributed by atoms with Crippen LogP contribution in [0.1, 0.15) is 26.3 Å². The zero-order valence-electron chi connectivity index (χ0n) is 8.72. The number of thiophene rings is 1. The Morgan fingerprint density at radius 1 is 1.31 bits per heavy atom. The lowest BCUT2D eigenvalue weighted by atomic mass is 10.4. The van der Waals surface area contributed by atoms with E-state index >= 15 is 0 Å². The van der Waals surface area contributed by atoms with Crippen molar-refractivity contribution in [1.82, 2.24) is 0 Å². The minimum atomic E-state index is -0.662. The predicted octanol–water partition coefficient (Wildman–Crippen LogP) is 0.984. The predicted molar refractivity (Wildman–Crippen MR) is 58.4 cm³/mol. The van der Waals surface area contributed by atoms with E-state index in [2.05, 4.69) is 14.7 Å². The number of hydrogen-bond acceptors (Lipinski definition) is 6. The molecule has 0 bridgehead atoms. The molecule has 1 aromatic rings. The van der Waals surface area contributed by atoms with Gasteiger partial charge in [0.25, 0.3) is 0 Å². The molecule has 2 N–H and O–H groups in total. The van der Waals surface area contributed by atoms with Crippen LogP contribution in [0.25, 0.3) is 0 Å². The minimum absolute atomic E-state index is 0.137. The van der Waals surface area contributed by atoms with Crippen LogP contribution < -0.4 is 5.73 Å². The Hall–Kier alpha value is -1.89. The summed E-state index contributed by atoms with van der Waals surface area (Å²) < 4.78 is 4.50. The fourth-order valence-electron chi connectivity index (χ4n) is 0.816. The van der Waals surface area contributed by atoms with Gasteiger partial charge in [-0.1, -0.05) is 5.16 Å². The lowest BCUT2D eigenvalue weighted by Gasteiger charge is -1.94. The van der Waals surface area contributed by atoms with Crippen molar-refractivity contribution in [3.8, 4) is 0 Å². The van der Waals surface area contributed by atoms with Crippen molar-refractivity contribution in [3.05, 3.63) is 21.9 Å². The Balaban J connectivity index is 2.74. The zero-order valence-corrected chi connectivity index (χ0v) is 9.54. The van der Waals surface area contributed by atoms with Crippen molar-refractivity contribution in [1.29, 1.82) is 0 Å². The number of hydrogen-bond donors (Lipinski definition) is 1. The number of nitrogens with two attached hydrogens (primary N) is 1. The molecule has 1 aromatic heterocycles. The molecule has 1 rings (SSSR count). The van der Waals surface area contributed by atoms with Crippen LogP contribution in [0.4, 0.5) is 0 Å². The molecule has 0 saturated carbocycles. The molecule has 0 aliphatic heterocycles. The van der Waals surface area contributed by atoms with Gasteiger partial charge in [0.1, 0.15) is 15.6 Å². The molecule has 0 aliphatic rings. The monoisotopic (exact) mass is 242 g/mol. The summed E-state index contributed by atoms with van der Waals surface area (Å²) in [6, 6.07) is 2.94. The van der Waals surface area contributed by atoms with E-state index in [1.54, 1.807) is 0 Å². The second kappa shape index (κ2) is 5.26. The topological polar surface area (TPSA) is 91.0 Å². The average Bonchev–Trinajstić information content (AvgIpc) is 2.74. The third-order valence-electron chi connectivity index (χ3n) is 1.47. The van der Waals surface area contributed by atoms with Crippen LogP contribution >= 0.6 is 11.3 Å². The number of ether oxygens (including phenoxy) is 1. The molecular formula is C9H10N2O4S. The van der Waals surface area contributed by atoms with E-state index < -0.39 is 11.9 Å². The van der Waals surface area contributed by atoms with E-state index in [9.17, 15) is 9.59 Å². The van der Waals surface area contributed by atoms with Crippen LogP contribution in [0.2, 0.25) is 0 Å². The number of amidine groups is 1. The van der Waals surface area contributed by atoms with Crippen LogP contribution in [0, 0.1) is 0 Å². The Labute approximate surface area is 95.6 Å². The van der Waals surface area contributed by atoms with Crippen molar-refractivity contribution < 1.29 is 19.2 Å². The van der Waals surface area contributed by atoms with Gasteiger partial charge in [0.05, 0.1) is 7.11 Å². The number of rotatable bonds is 3. The summed E-state index contributed by atoms with van der Waals surface area (Å²) in [7, 11) is 1.27. The fourth-order valence-corrected chi connectivity index (χ4v) is 1.61. The molecule has 0 aliphatic carbocycles. The fraction of sp³-hybridized carbons (Fsp3) is 0.222. The number of esters is 1. The molecule has 0 unspecified atom stereocenters. The van der Waals surface area contributed by atoms with Crippen LogP contribution in [0.15, 0.2) is 17.3 Å². The second-order valence-electron chi connectivity index (χ2n) is 2.77. The van der Waals surface area contributed by atoms with Gasteiger partial charge in [0, 0.05) is 0 Å². The van der Waals surface area contributed by atoms with Crippen LogP contribution in [-0.2, 0) is 9.57 Å². The minimum Gasteiger partial charge on any atom is -0.465 e. The molecule has 0 fully saturated rings. The number of nitrogens with zero attached hydrogens (tertiary/aromatic N) is 1. The lowest BCUT2D eigenvalue weighted by molar-refractivity contribution is 0.0520. The van der Waals surface area contributed by atoms with E-state index in [1.165, 1.54) is 26.2 Å². The average molecular weight is 242 g/mol. The Kier molecular flexibility index (Phi) is 4.01. The molecule has 0 spiro atoms. The summed E-state index contributed by atoms with van der Waals surface area (Å²) in [6.07, 6.45) is 0. The maximum Gasteiger partial charge on any atom is 0.375 e. The van der Waals surface area contributed by atoms with Crippen molar-refractivity contribution in [2.45, 2.75) is 6.92 Å². The maximum absolute atomic E-state index is 11.3. The Morgan fingerprint density at radius 2 is 1.88 bits per heavy atom. The highest BCUT2D eigenvalue weighted by atomic mass is 32.1. The highest BCUT2D eigenvalue weighted by molar-refractivity contribution is 7.15. The van der Waals surface area contributed by atoms with Gasteiger partial charge < -0.3 is 15.3 Å². The van der Waals surface area contributed by atoms with Crippen LogP contribution in [0.5, 0.6) is 0 Å². The van der Waals surface area contributed by atoms with Gasteiger partial charge in [0.15, 0.2) is 0 Å². The molecule has 0 aromatic carbocycles. The first-order chi connectivity index (χ1) is 7.54. The Bertz CT molecular complexity index is 434. The van der Waals surface area contributed by atoms with Crippen molar-refractivity contribution in [2.75, 3.05) is 7.11 Å². The first-order valence-electron chi connectivity index (χ1n) is 4.24. The largest absolute Gasteiger partial charge is 0.465 e. The Morgan fingerprint density at radius 3 is 2.38 bits per heavy atom. The highest BCUT2D eigenvalue weighted by Gasteiger charge is 2.15. The second-order valence-corrected chi connectivity index (χ2v) is 3.85. The molecule has 0 saturated heterocycles. The van der Waals surface area contributed by atoms with Gasteiger partial charge in [-0.2, -0.15) is 0 Å². The van der Waals surface area contributed by atoms with Crippen molar-refractivity contribution in [2.24, 2.45) is 10.9 Å². The molecular weight excluding hydrogens is 232 g/mol. The summed E-state index contributed by atoms with van der Waals surface area (Å²) >= 11 is 0.966. The number of carbonyl (C=O) groups is 2. The van der Waals surface area contributed by atoms with E-state index in [1.807, 2.05) is 0 Å². The van der Waals surface area contributed by atoms with Gasteiger partial charge in [-0.05, 0) is 19.1 Å². The van der Waals surface area contributed by atoms with E-state index in [-0.39, 0.29) is 10.7 Å². The SMILES string of the molecule is COC(=O)c1ccc(C(=O)O/N=C(\C)N)s1. The lowest BCUT2D eigenvalue weighted by Crippen LogP contribution is -2.08. The van der Waals surface area contributed by atoms with Crippen LogP contribution in [-0.4, -0.2) is 24.9 Å². The number of oxime groups is 1. The summed E-state index contributed by atoms with van der Waals surface area (Å²) in [5.41, 5.74) is 5.20. The number of methoxy groups -OCH3 is 1. The molecule has 16 heavy (non-hydrogen) atoms. The molecule has 6 nitrogen and oxygen atoms in total. The van der Waals surface area contributed by atoms with E-state index in [4.69, 9.17) is 5.73 Å². The third-order valence-corrected chi connectivity index (χ3v) is 2.51. The zero-order chi connectivity index (χ0) is 12.1. The third kappa shape index (κ3) is 3.06. The first kappa shape index (κ1) is 12.2.